The van der Waals surface area contributed by atoms with Crippen molar-refractivity contribution in [3.05, 3.63) is 0 Å². The lowest BCUT2D eigenvalue weighted by molar-refractivity contribution is -0.00251. The van der Waals surface area contributed by atoms with Crippen LogP contribution in [0.25, 0.3) is 0 Å². The minimum absolute atomic E-state index is 0.662. The first-order valence-corrected chi connectivity index (χ1v) is 5.52. The van der Waals surface area contributed by atoms with Crippen LogP contribution in [0.2, 0.25) is 0 Å². The van der Waals surface area contributed by atoms with Gasteiger partial charge in [0.05, 0.1) is 13.2 Å². The Balaban J connectivity index is 2.25. The molecule has 0 amide bonds. The Morgan fingerprint density at radius 2 is 2.31 bits per heavy atom. The molecule has 78 valence electrons. The van der Waals surface area contributed by atoms with Crippen LogP contribution in [0.1, 0.15) is 33.1 Å². The number of likely N-dealkylation sites (N-methyl/N-ethyl adjacent to an activating group) is 1. The summed E-state index contributed by atoms with van der Waals surface area (Å²) in [6, 6.07) is 0.662. The topological polar surface area (TPSA) is 12.5 Å². The zero-order valence-electron chi connectivity index (χ0n) is 9.25. The Labute approximate surface area is 82.3 Å². The van der Waals surface area contributed by atoms with E-state index in [1.165, 1.54) is 19.3 Å². The van der Waals surface area contributed by atoms with Crippen molar-refractivity contribution in [2.75, 3.05) is 26.8 Å². The van der Waals surface area contributed by atoms with Crippen molar-refractivity contribution in [2.24, 2.45) is 5.92 Å². The SMILES string of the molecule is CCCC(C)C[C@@H]1COCCN1C. The molecule has 1 fully saturated rings. The highest BCUT2D eigenvalue weighted by atomic mass is 16.5. The first-order chi connectivity index (χ1) is 6.24. The van der Waals surface area contributed by atoms with Crippen molar-refractivity contribution in [1.29, 1.82) is 0 Å². The maximum atomic E-state index is 5.49. The van der Waals surface area contributed by atoms with Gasteiger partial charge in [0.1, 0.15) is 0 Å². The fourth-order valence-corrected chi connectivity index (χ4v) is 2.06. The van der Waals surface area contributed by atoms with Gasteiger partial charge < -0.3 is 4.74 Å². The number of nitrogens with zero attached hydrogens (tertiary/aromatic N) is 1. The number of hydrogen-bond acceptors (Lipinski definition) is 2. The number of morpholine rings is 1. The molecular formula is C11H23NO. The van der Waals surface area contributed by atoms with Gasteiger partial charge in [-0.3, -0.25) is 4.90 Å². The Morgan fingerprint density at radius 3 is 2.92 bits per heavy atom. The van der Waals surface area contributed by atoms with E-state index in [-0.39, 0.29) is 0 Å². The number of ether oxygens (including phenoxy) is 1. The molecule has 1 heterocycles. The Bertz CT molecular complexity index is 138. The monoisotopic (exact) mass is 185 g/mol. The van der Waals surface area contributed by atoms with Gasteiger partial charge in [-0.05, 0) is 19.4 Å². The lowest BCUT2D eigenvalue weighted by Crippen LogP contribution is -2.43. The third-order valence-electron chi connectivity index (χ3n) is 2.98. The molecule has 0 aromatic rings. The average molecular weight is 185 g/mol. The summed E-state index contributed by atoms with van der Waals surface area (Å²) in [7, 11) is 2.21. The average Bonchev–Trinajstić information content (AvgIpc) is 2.09. The van der Waals surface area contributed by atoms with E-state index in [0.717, 1.165) is 25.7 Å². The molecule has 1 unspecified atom stereocenters. The van der Waals surface area contributed by atoms with Crippen molar-refractivity contribution in [1.82, 2.24) is 4.90 Å². The summed E-state index contributed by atoms with van der Waals surface area (Å²) in [5, 5.41) is 0. The van der Waals surface area contributed by atoms with E-state index in [1.54, 1.807) is 0 Å². The quantitative estimate of drug-likeness (QED) is 0.665. The van der Waals surface area contributed by atoms with Crippen LogP contribution in [0.5, 0.6) is 0 Å². The standard InChI is InChI=1S/C11H23NO/c1-4-5-10(2)8-11-9-13-7-6-12(11)3/h10-11H,4-9H2,1-3H3/t10?,11-/m1/s1. The minimum atomic E-state index is 0.662. The van der Waals surface area contributed by atoms with Crippen LogP contribution in [0.4, 0.5) is 0 Å². The molecule has 1 aliphatic rings. The van der Waals surface area contributed by atoms with E-state index in [1.807, 2.05) is 0 Å². The molecule has 1 saturated heterocycles. The second-order valence-electron chi connectivity index (χ2n) is 4.34. The van der Waals surface area contributed by atoms with Gasteiger partial charge in [-0.2, -0.15) is 0 Å². The van der Waals surface area contributed by atoms with E-state index in [9.17, 15) is 0 Å². The van der Waals surface area contributed by atoms with Crippen molar-refractivity contribution < 1.29 is 4.74 Å². The summed E-state index contributed by atoms with van der Waals surface area (Å²) in [5.41, 5.74) is 0. The summed E-state index contributed by atoms with van der Waals surface area (Å²) in [4.78, 5) is 2.44. The molecule has 0 aliphatic carbocycles. The molecule has 0 aromatic carbocycles. The van der Waals surface area contributed by atoms with Gasteiger partial charge in [-0.25, -0.2) is 0 Å². The molecule has 2 heteroatoms. The van der Waals surface area contributed by atoms with E-state index in [0.29, 0.717) is 6.04 Å². The van der Waals surface area contributed by atoms with Crippen LogP contribution >= 0.6 is 0 Å². The third-order valence-corrected chi connectivity index (χ3v) is 2.98. The van der Waals surface area contributed by atoms with Crippen LogP contribution in [0, 0.1) is 5.92 Å². The van der Waals surface area contributed by atoms with Crippen molar-refractivity contribution in [3.63, 3.8) is 0 Å². The molecule has 1 aliphatic heterocycles. The lowest BCUT2D eigenvalue weighted by Gasteiger charge is -2.34. The van der Waals surface area contributed by atoms with E-state index < -0.39 is 0 Å². The van der Waals surface area contributed by atoms with E-state index in [2.05, 4.69) is 25.8 Å². The molecule has 0 spiro atoms. The van der Waals surface area contributed by atoms with Crippen LogP contribution in [-0.4, -0.2) is 37.7 Å². The molecular weight excluding hydrogens is 162 g/mol. The molecule has 0 N–H and O–H groups in total. The van der Waals surface area contributed by atoms with Crippen LogP contribution < -0.4 is 0 Å². The second-order valence-corrected chi connectivity index (χ2v) is 4.34. The highest BCUT2D eigenvalue weighted by molar-refractivity contribution is 4.74. The zero-order valence-corrected chi connectivity index (χ0v) is 9.25. The summed E-state index contributed by atoms with van der Waals surface area (Å²) in [5.74, 6) is 0.846. The molecule has 0 bridgehead atoms. The molecule has 1 rings (SSSR count). The van der Waals surface area contributed by atoms with Gasteiger partial charge in [-0.1, -0.05) is 26.7 Å². The minimum Gasteiger partial charge on any atom is -0.378 e. The van der Waals surface area contributed by atoms with Crippen LogP contribution in [0.15, 0.2) is 0 Å². The first-order valence-electron chi connectivity index (χ1n) is 5.52. The van der Waals surface area contributed by atoms with Gasteiger partial charge >= 0.3 is 0 Å². The lowest BCUT2D eigenvalue weighted by atomic mass is 9.96. The Kier molecular flexibility index (Phi) is 4.74. The maximum absolute atomic E-state index is 5.49. The fraction of sp³-hybridized carbons (Fsp3) is 1.00. The molecule has 2 atom stereocenters. The maximum Gasteiger partial charge on any atom is 0.0622 e. The number of hydrogen-bond donors (Lipinski definition) is 0. The zero-order chi connectivity index (χ0) is 9.68. The largest absolute Gasteiger partial charge is 0.378 e. The summed E-state index contributed by atoms with van der Waals surface area (Å²) in [6.07, 6.45) is 3.95. The van der Waals surface area contributed by atoms with Crippen molar-refractivity contribution in [2.45, 2.75) is 39.2 Å². The molecule has 0 saturated carbocycles. The van der Waals surface area contributed by atoms with Crippen LogP contribution in [0.3, 0.4) is 0 Å². The normalized spacial score (nSPS) is 27.5. The first kappa shape index (κ1) is 11.0. The predicted molar refractivity (Wildman–Crippen MR) is 55.9 cm³/mol. The molecule has 0 radical (unpaired) electrons. The highest BCUT2D eigenvalue weighted by Crippen LogP contribution is 2.17. The molecule has 2 nitrogen and oxygen atoms in total. The van der Waals surface area contributed by atoms with Gasteiger partial charge in [0, 0.05) is 12.6 Å². The van der Waals surface area contributed by atoms with Crippen molar-refractivity contribution >= 4 is 0 Å². The van der Waals surface area contributed by atoms with Gasteiger partial charge in [0.25, 0.3) is 0 Å². The summed E-state index contributed by atoms with van der Waals surface area (Å²) in [6.45, 7) is 7.56. The van der Waals surface area contributed by atoms with Gasteiger partial charge in [-0.15, -0.1) is 0 Å². The Hall–Kier alpha value is -0.0800. The second kappa shape index (κ2) is 5.61. The van der Waals surface area contributed by atoms with Crippen LogP contribution in [-0.2, 0) is 4.74 Å². The molecule has 0 aromatic heterocycles. The summed E-state index contributed by atoms with van der Waals surface area (Å²) < 4.78 is 5.49. The third kappa shape index (κ3) is 3.65. The highest BCUT2D eigenvalue weighted by Gasteiger charge is 2.20. The van der Waals surface area contributed by atoms with Gasteiger partial charge in [0.2, 0.25) is 0 Å². The molecule has 13 heavy (non-hydrogen) atoms. The van der Waals surface area contributed by atoms with Crippen molar-refractivity contribution in [3.8, 4) is 0 Å². The van der Waals surface area contributed by atoms with E-state index in [4.69, 9.17) is 4.74 Å². The number of rotatable bonds is 4. The smallest absolute Gasteiger partial charge is 0.0622 e. The summed E-state index contributed by atoms with van der Waals surface area (Å²) >= 11 is 0. The van der Waals surface area contributed by atoms with E-state index >= 15 is 0 Å². The fourth-order valence-electron chi connectivity index (χ4n) is 2.06. The predicted octanol–water partition coefficient (Wildman–Crippen LogP) is 2.14. The Morgan fingerprint density at radius 1 is 1.54 bits per heavy atom. The van der Waals surface area contributed by atoms with Gasteiger partial charge in [0.15, 0.2) is 0 Å².